The van der Waals surface area contributed by atoms with Crippen LogP contribution in [0.2, 0.25) is 0 Å². The van der Waals surface area contributed by atoms with Crippen molar-refractivity contribution in [3.63, 3.8) is 0 Å². The number of rotatable bonds is 1. The summed E-state index contributed by atoms with van der Waals surface area (Å²) in [5.41, 5.74) is 7.25. The van der Waals surface area contributed by atoms with Gasteiger partial charge in [0, 0.05) is 12.2 Å². The summed E-state index contributed by atoms with van der Waals surface area (Å²) >= 11 is 0. The summed E-state index contributed by atoms with van der Waals surface area (Å²) in [6, 6.07) is 9.44. The average Bonchev–Trinajstić information content (AvgIpc) is 2.67. The van der Waals surface area contributed by atoms with Gasteiger partial charge >= 0.3 is 6.03 Å². The molecule has 0 aliphatic carbocycles. The first kappa shape index (κ1) is 8.81. The Morgan fingerprint density at radius 1 is 1.29 bits per heavy atom. The first-order valence-electron chi connectivity index (χ1n) is 4.61. The van der Waals surface area contributed by atoms with Crippen molar-refractivity contribution < 1.29 is 4.79 Å². The van der Waals surface area contributed by atoms with Crippen LogP contribution in [0.1, 0.15) is 12.0 Å². The molecule has 0 aromatic heterocycles. The zero-order valence-electron chi connectivity index (χ0n) is 7.81. The first-order valence-corrected chi connectivity index (χ1v) is 4.61. The lowest BCUT2D eigenvalue weighted by Crippen LogP contribution is -2.32. The van der Waals surface area contributed by atoms with Crippen LogP contribution in [-0.2, 0) is 0 Å². The molecule has 1 heterocycles. The van der Waals surface area contributed by atoms with Crippen LogP contribution in [-0.4, -0.2) is 17.5 Å². The third-order valence-corrected chi connectivity index (χ3v) is 2.32. The number of nitrogens with two attached hydrogens (primary N) is 1. The number of hydrogen-bond donors (Lipinski definition) is 1. The maximum Gasteiger partial charge on any atom is 0.319 e. The normalized spacial score (nSPS) is 15.4. The van der Waals surface area contributed by atoms with Crippen molar-refractivity contribution >= 4 is 11.7 Å². The van der Waals surface area contributed by atoms with Gasteiger partial charge in [-0.15, -0.1) is 0 Å². The van der Waals surface area contributed by atoms with Gasteiger partial charge in [-0.1, -0.05) is 36.4 Å². The molecule has 2 amide bonds. The van der Waals surface area contributed by atoms with Gasteiger partial charge in [0.25, 0.3) is 0 Å². The molecule has 2 N–H and O–H groups in total. The van der Waals surface area contributed by atoms with E-state index < -0.39 is 0 Å². The Balaban J connectivity index is 2.31. The number of nitrogens with zero attached hydrogens (tertiary/aromatic N) is 1. The molecule has 1 aromatic rings. The van der Waals surface area contributed by atoms with Crippen LogP contribution >= 0.6 is 0 Å². The molecule has 2 rings (SSSR count). The quantitative estimate of drug-likeness (QED) is 0.717. The smallest absolute Gasteiger partial charge is 0.319 e. The van der Waals surface area contributed by atoms with E-state index in [2.05, 4.69) is 0 Å². The predicted octanol–water partition coefficient (Wildman–Crippen LogP) is 1.81. The fourth-order valence-corrected chi connectivity index (χ4v) is 1.67. The predicted molar refractivity (Wildman–Crippen MR) is 55.3 cm³/mol. The lowest BCUT2D eigenvalue weighted by molar-refractivity contribution is 0.230. The van der Waals surface area contributed by atoms with Crippen LogP contribution in [0.25, 0.3) is 5.70 Å². The summed E-state index contributed by atoms with van der Waals surface area (Å²) in [6.45, 7) is 0.694. The molecule has 1 aliphatic heterocycles. The minimum absolute atomic E-state index is 0.377. The van der Waals surface area contributed by atoms with Crippen LogP contribution in [0.5, 0.6) is 0 Å². The molecular formula is C11H12N2O. The van der Waals surface area contributed by atoms with Crippen molar-refractivity contribution in [1.82, 2.24) is 4.90 Å². The molecule has 14 heavy (non-hydrogen) atoms. The average molecular weight is 188 g/mol. The van der Waals surface area contributed by atoms with Gasteiger partial charge in [-0.25, -0.2) is 4.79 Å². The molecule has 1 aliphatic rings. The first-order chi connectivity index (χ1) is 6.79. The number of benzene rings is 1. The van der Waals surface area contributed by atoms with Gasteiger partial charge in [-0.2, -0.15) is 0 Å². The maximum absolute atomic E-state index is 11.1. The second-order valence-corrected chi connectivity index (χ2v) is 3.23. The molecule has 72 valence electrons. The summed E-state index contributed by atoms with van der Waals surface area (Å²) in [7, 11) is 0. The Hall–Kier alpha value is -1.77. The van der Waals surface area contributed by atoms with E-state index in [1.807, 2.05) is 36.4 Å². The van der Waals surface area contributed by atoms with E-state index in [-0.39, 0.29) is 6.03 Å². The van der Waals surface area contributed by atoms with Gasteiger partial charge in [0.15, 0.2) is 0 Å². The van der Waals surface area contributed by atoms with E-state index in [0.717, 1.165) is 17.7 Å². The second kappa shape index (κ2) is 3.54. The molecule has 0 radical (unpaired) electrons. The minimum atomic E-state index is -0.377. The molecule has 0 saturated heterocycles. The second-order valence-electron chi connectivity index (χ2n) is 3.23. The van der Waals surface area contributed by atoms with E-state index in [9.17, 15) is 4.79 Å². The monoisotopic (exact) mass is 188 g/mol. The van der Waals surface area contributed by atoms with Gasteiger partial charge in [0.1, 0.15) is 0 Å². The molecule has 1 aromatic carbocycles. The molecule has 3 nitrogen and oxygen atoms in total. The molecule has 3 heteroatoms. The van der Waals surface area contributed by atoms with E-state index in [0.29, 0.717) is 6.54 Å². The summed E-state index contributed by atoms with van der Waals surface area (Å²) in [6.07, 6.45) is 2.92. The van der Waals surface area contributed by atoms with E-state index in [1.165, 1.54) is 0 Å². The van der Waals surface area contributed by atoms with Gasteiger partial charge in [-0.05, 0) is 12.0 Å². The van der Waals surface area contributed by atoms with Crippen LogP contribution < -0.4 is 5.73 Å². The Bertz CT molecular complexity index is 370. The highest BCUT2D eigenvalue weighted by Gasteiger charge is 2.20. The Labute approximate surface area is 82.8 Å². The summed E-state index contributed by atoms with van der Waals surface area (Å²) in [5.74, 6) is 0. The highest BCUT2D eigenvalue weighted by molar-refractivity contribution is 5.85. The standard InChI is InChI=1S/C11H12N2O/c12-11(14)13-8-4-7-10(13)9-5-2-1-3-6-9/h1-3,5-7H,4,8H2,(H2,12,14). The molecule has 0 fully saturated rings. The lowest BCUT2D eigenvalue weighted by atomic mass is 10.1. The van der Waals surface area contributed by atoms with Crippen LogP contribution in [0.15, 0.2) is 36.4 Å². The molecule has 0 atom stereocenters. The van der Waals surface area contributed by atoms with Gasteiger partial charge in [0.2, 0.25) is 0 Å². The third kappa shape index (κ3) is 1.48. The number of hydrogen-bond acceptors (Lipinski definition) is 1. The largest absolute Gasteiger partial charge is 0.351 e. The van der Waals surface area contributed by atoms with Crippen molar-refractivity contribution in [3.05, 3.63) is 42.0 Å². The Morgan fingerprint density at radius 2 is 2.00 bits per heavy atom. The Morgan fingerprint density at radius 3 is 2.64 bits per heavy atom. The highest BCUT2D eigenvalue weighted by atomic mass is 16.2. The zero-order chi connectivity index (χ0) is 9.97. The van der Waals surface area contributed by atoms with E-state index in [4.69, 9.17) is 5.73 Å². The van der Waals surface area contributed by atoms with Crippen LogP contribution in [0.3, 0.4) is 0 Å². The SMILES string of the molecule is NC(=O)N1CCC=C1c1ccccc1. The zero-order valence-corrected chi connectivity index (χ0v) is 7.81. The molecular weight excluding hydrogens is 176 g/mol. The van der Waals surface area contributed by atoms with E-state index >= 15 is 0 Å². The van der Waals surface area contributed by atoms with Gasteiger partial charge < -0.3 is 5.73 Å². The molecule has 0 saturated carbocycles. The highest BCUT2D eigenvalue weighted by Crippen LogP contribution is 2.24. The number of carbonyl (C=O) groups is 1. The van der Waals surface area contributed by atoms with Crippen molar-refractivity contribution in [2.75, 3.05) is 6.54 Å². The van der Waals surface area contributed by atoms with Gasteiger partial charge in [-0.3, -0.25) is 4.90 Å². The van der Waals surface area contributed by atoms with Crippen LogP contribution in [0, 0.1) is 0 Å². The van der Waals surface area contributed by atoms with E-state index in [1.54, 1.807) is 4.90 Å². The van der Waals surface area contributed by atoms with Crippen molar-refractivity contribution in [3.8, 4) is 0 Å². The van der Waals surface area contributed by atoms with Gasteiger partial charge in [0.05, 0.1) is 0 Å². The third-order valence-electron chi connectivity index (χ3n) is 2.32. The number of carbonyl (C=O) groups excluding carboxylic acids is 1. The number of urea groups is 1. The summed E-state index contributed by atoms with van der Waals surface area (Å²) in [4.78, 5) is 12.7. The maximum atomic E-state index is 11.1. The van der Waals surface area contributed by atoms with Crippen molar-refractivity contribution in [1.29, 1.82) is 0 Å². The fourth-order valence-electron chi connectivity index (χ4n) is 1.67. The topological polar surface area (TPSA) is 46.3 Å². The number of amides is 2. The minimum Gasteiger partial charge on any atom is -0.351 e. The number of primary amides is 1. The molecule has 0 unspecified atom stereocenters. The summed E-state index contributed by atoms with van der Waals surface area (Å²) in [5, 5.41) is 0. The lowest BCUT2D eigenvalue weighted by Gasteiger charge is -2.17. The van der Waals surface area contributed by atoms with Crippen molar-refractivity contribution in [2.24, 2.45) is 5.73 Å². The van der Waals surface area contributed by atoms with Crippen molar-refractivity contribution in [2.45, 2.75) is 6.42 Å². The molecule has 0 spiro atoms. The molecule has 0 bridgehead atoms. The fraction of sp³-hybridized carbons (Fsp3) is 0.182. The Kier molecular flexibility index (Phi) is 2.23. The van der Waals surface area contributed by atoms with Crippen LogP contribution in [0.4, 0.5) is 4.79 Å². The summed E-state index contributed by atoms with van der Waals surface area (Å²) < 4.78 is 0.